The van der Waals surface area contributed by atoms with Crippen LogP contribution in [-0.2, 0) is 36.7 Å². The minimum atomic E-state index is -4.83. The quantitative estimate of drug-likeness (QED) is 0.124. The summed E-state index contributed by atoms with van der Waals surface area (Å²) >= 11 is 0. The molecule has 8 heteroatoms. The number of ketones is 1. The van der Waals surface area contributed by atoms with Crippen LogP contribution in [0.15, 0.2) is 72.5 Å². The molecule has 0 fully saturated rings. The number of aliphatic hydroxyl groups is 1. The smallest absolute Gasteiger partial charge is 0.448 e. The Kier molecular flexibility index (Phi) is 12.5. The van der Waals surface area contributed by atoms with Crippen molar-refractivity contribution in [2.24, 2.45) is 11.3 Å². The molecule has 4 nitrogen and oxygen atoms in total. The number of aliphatic hydroxyl groups excluding tert-OH is 1. The molecule has 0 saturated heterocycles. The van der Waals surface area contributed by atoms with Gasteiger partial charge in [0, 0.05) is 37.8 Å². The number of halogens is 3. The van der Waals surface area contributed by atoms with E-state index in [0.717, 1.165) is 34.3 Å². The molecular weight excluding hydrogens is 754 g/mol. The molecule has 0 aliphatic heterocycles. The molecule has 0 saturated carbocycles. The van der Waals surface area contributed by atoms with Crippen LogP contribution in [0.2, 0.25) is 0 Å². The van der Waals surface area contributed by atoms with E-state index in [1.54, 1.807) is 0 Å². The van der Waals surface area contributed by atoms with Crippen molar-refractivity contribution in [2.75, 3.05) is 0 Å². The number of hydrogen-bond acceptors (Lipinski definition) is 4. The zero-order valence-corrected chi connectivity index (χ0v) is 29.7. The summed E-state index contributed by atoms with van der Waals surface area (Å²) in [6.07, 6.45) is -3.57. The third-order valence-corrected chi connectivity index (χ3v) is 6.98. The summed E-state index contributed by atoms with van der Waals surface area (Å²) in [6, 6.07) is 25.3. The van der Waals surface area contributed by atoms with Gasteiger partial charge >= 0.3 is 6.18 Å². The van der Waals surface area contributed by atoms with E-state index in [-0.39, 0.29) is 37.0 Å². The number of carbonyl (C=O) groups is 1. The molecule has 45 heavy (non-hydrogen) atoms. The van der Waals surface area contributed by atoms with Gasteiger partial charge in [-0.2, -0.15) is 23.4 Å². The molecular formula is C37H42F3IrN2O2-. The van der Waals surface area contributed by atoms with Crippen LogP contribution in [0, 0.1) is 24.3 Å². The second-order valence-electron chi connectivity index (χ2n) is 13.6. The third-order valence-electron chi connectivity index (χ3n) is 6.98. The molecule has 0 atom stereocenters. The van der Waals surface area contributed by atoms with E-state index in [4.69, 9.17) is 5.11 Å². The molecule has 3 aromatic carbocycles. The average molecular weight is 796 g/mol. The molecule has 0 spiro atoms. The summed E-state index contributed by atoms with van der Waals surface area (Å²) < 4.78 is 34.8. The van der Waals surface area contributed by atoms with Crippen molar-refractivity contribution in [3.8, 4) is 22.4 Å². The van der Waals surface area contributed by atoms with Gasteiger partial charge in [0.1, 0.15) is 0 Å². The fourth-order valence-corrected chi connectivity index (χ4v) is 4.66. The van der Waals surface area contributed by atoms with Crippen LogP contribution in [0.4, 0.5) is 13.2 Å². The van der Waals surface area contributed by atoms with Gasteiger partial charge in [-0.05, 0) is 40.9 Å². The van der Waals surface area contributed by atoms with E-state index >= 15 is 0 Å². The SMILES string of the molecule is CC(C)C(=O)/C=C(\O)C(F)(F)F.Cc1nnc(-c2[c-]c3ccccc3c(C(C)(C)C)c2)cc1-c1ccc(CC(C)(C)C)cc1.[Ir]. The van der Waals surface area contributed by atoms with Crippen LogP contribution >= 0.6 is 0 Å². The zero-order valence-electron chi connectivity index (χ0n) is 27.4. The number of carbonyl (C=O) groups excluding carboxylic acids is 1. The van der Waals surface area contributed by atoms with Gasteiger partial charge in [0.25, 0.3) is 0 Å². The predicted molar refractivity (Wildman–Crippen MR) is 172 cm³/mol. The number of rotatable bonds is 5. The number of nitrogens with zero attached hydrogens (tertiary/aromatic N) is 2. The van der Waals surface area contributed by atoms with E-state index in [0.29, 0.717) is 0 Å². The molecule has 0 unspecified atom stereocenters. The zero-order chi connectivity index (χ0) is 33.0. The standard InChI is InChI=1S/C30H33N2.C7H9F3O2.Ir/c1-20-26(22-14-12-21(13-15-22)19-29(2,3)4)18-28(32-31-20)24-16-23-10-8-9-11-25(23)27(17-24)30(5,6)7;1-4(2)5(11)3-6(12)7(8,9)10;/h8-15,17-18H,19H2,1-7H3;3-4,12H,1-2H3;/q-1;;/b;6-3-;. The summed E-state index contributed by atoms with van der Waals surface area (Å²) in [7, 11) is 0. The number of fused-ring (bicyclic) bond motifs is 1. The van der Waals surface area contributed by atoms with Crippen molar-refractivity contribution in [1.29, 1.82) is 0 Å². The van der Waals surface area contributed by atoms with Crippen LogP contribution in [0.25, 0.3) is 33.2 Å². The summed E-state index contributed by atoms with van der Waals surface area (Å²) in [5, 5.41) is 19.7. The second kappa shape index (κ2) is 14.8. The number of allylic oxidation sites excluding steroid dienone is 2. The summed E-state index contributed by atoms with van der Waals surface area (Å²) in [5.41, 5.74) is 8.05. The van der Waals surface area contributed by atoms with Crippen LogP contribution in [0.1, 0.15) is 72.2 Å². The van der Waals surface area contributed by atoms with Gasteiger partial charge in [-0.1, -0.05) is 115 Å². The second-order valence-corrected chi connectivity index (χ2v) is 13.6. The molecule has 4 rings (SSSR count). The molecule has 0 aliphatic carbocycles. The Morgan fingerprint density at radius 2 is 1.53 bits per heavy atom. The van der Waals surface area contributed by atoms with E-state index < -0.39 is 23.6 Å². The molecule has 243 valence electrons. The Bertz CT molecular complexity index is 1650. The largest absolute Gasteiger partial charge is 0.504 e. The Morgan fingerprint density at radius 1 is 0.933 bits per heavy atom. The van der Waals surface area contributed by atoms with E-state index in [1.165, 1.54) is 35.9 Å². The van der Waals surface area contributed by atoms with Gasteiger partial charge in [-0.3, -0.25) is 4.79 Å². The third kappa shape index (κ3) is 10.6. The topological polar surface area (TPSA) is 63.1 Å². The predicted octanol–water partition coefficient (Wildman–Crippen LogP) is 10.2. The first kappa shape index (κ1) is 37.8. The molecule has 1 heterocycles. The van der Waals surface area contributed by atoms with Crippen molar-refractivity contribution >= 4 is 16.6 Å². The first-order valence-electron chi connectivity index (χ1n) is 14.7. The van der Waals surface area contributed by atoms with Gasteiger partial charge in [-0.25, -0.2) is 0 Å². The van der Waals surface area contributed by atoms with Gasteiger partial charge in [-0.15, -0.1) is 29.1 Å². The van der Waals surface area contributed by atoms with Crippen molar-refractivity contribution in [3.63, 3.8) is 0 Å². The van der Waals surface area contributed by atoms with E-state index in [9.17, 15) is 18.0 Å². The van der Waals surface area contributed by atoms with Crippen molar-refractivity contribution in [2.45, 2.75) is 80.3 Å². The fourth-order valence-electron chi connectivity index (χ4n) is 4.66. The molecule has 4 aromatic rings. The molecule has 1 N–H and O–H groups in total. The van der Waals surface area contributed by atoms with Crippen molar-refractivity contribution in [1.82, 2.24) is 10.2 Å². The molecule has 1 radical (unpaired) electrons. The van der Waals surface area contributed by atoms with E-state index in [2.05, 4.69) is 118 Å². The van der Waals surface area contributed by atoms with Crippen LogP contribution in [0.3, 0.4) is 0 Å². The Morgan fingerprint density at radius 3 is 2.07 bits per heavy atom. The first-order chi connectivity index (χ1) is 20.3. The minimum Gasteiger partial charge on any atom is -0.504 e. The number of hydrogen-bond donors (Lipinski definition) is 1. The van der Waals surface area contributed by atoms with Crippen LogP contribution < -0.4 is 0 Å². The molecule has 0 amide bonds. The normalized spacial score (nSPS) is 12.4. The van der Waals surface area contributed by atoms with Crippen LogP contribution in [0.5, 0.6) is 0 Å². The van der Waals surface area contributed by atoms with E-state index in [1.807, 2.05) is 6.92 Å². The molecule has 1 aromatic heterocycles. The van der Waals surface area contributed by atoms with Gasteiger partial charge in [0.2, 0.25) is 5.76 Å². The van der Waals surface area contributed by atoms with Gasteiger partial charge in [0.05, 0.1) is 5.69 Å². The fraction of sp³-hybridized carbons (Fsp3) is 0.378. The first-order valence-corrected chi connectivity index (χ1v) is 14.7. The monoisotopic (exact) mass is 796 g/mol. The van der Waals surface area contributed by atoms with Gasteiger partial charge in [0.15, 0.2) is 5.78 Å². The molecule has 0 bridgehead atoms. The average Bonchev–Trinajstić information content (AvgIpc) is 2.91. The number of benzene rings is 3. The Hall–Kier alpha value is -3.35. The van der Waals surface area contributed by atoms with Crippen LogP contribution in [-0.4, -0.2) is 27.3 Å². The Labute approximate surface area is 278 Å². The Balaban J connectivity index is 0.000000464. The number of aryl methyl sites for hydroxylation is 1. The van der Waals surface area contributed by atoms with Crippen molar-refractivity contribution < 1.29 is 43.2 Å². The maximum absolute atomic E-state index is 11.6. The summed E-state index contributed by atoms with van der Waals surface area (Å²) in [5.74, 6) is -3.14. The minimum absolute atomic E-state index is 0. The maximum atomic E-state index is 11.6. The number of alkyl halides is 3. The maximum Gasteiger partial charge on any atom is 0.448 e. The number of aromatic nitrogens is 2. The summed E-state index contributed by atoms with van der Waals surface area (Å²) in [6.45, 7) is 18.5. The molecule has 0 aliphatic rings. The van der Waals surface area contributed by atoms with Gasteiger partial charge < -0.3 is 5.11 Å². The van der Waals surface area contributed by atoms with Crippen molar-refractivity contribution in [3.05, 3.63) is 95.4 Å². The summed E-state index contributed by atoms with van der Waals surface area (Å²) in [4.78, 5) is 10.7.